The van der Waals surface area contributed by atoms with Crippen molar-refractivity contribution in [2.45, 2.75) is 75.6 Å². The second-order valence-electron chi connectivity index (χ2n) is 7.44. The van der Waals surface area contributed by atoms with Crippen LogP contribution < -0.4 is 5.48 Å². The minimum Gasteiger partial charge on any atom is -0.381 e. The minimum atomic E-state index is -3.89. The van der Waals surface area contributed by atoms with E-state index in [0.29, 0.717) is 25.9 Å². The van der Waals surface area contributed by atoms with E-state index in [9.17, 15) is 13.2 Å². The van der Waals surface area contributed by atoms with Crippen LogP contribution in [0.4, 0.5) is 0 Å². The fourth-order valence-electron chi connectivity index (χ4n) is 3.85. The molecule has 27 heavy (non-hydrogen) atoms. The molecule has 2 saturated heterocycles. The lowest BCUT2D eigenvalue weighted by Gasteiger charge is -2.40. The largest absolute Gasteiger partial charge is 0.381 e. The van der Waals surface area contributed by atoms with Gasteiger partial charge in [0, 0.05) is 45.8 Å². The first-order valence-corrected chi connectivity index (χ1v) is 11.6. The molecule has 0 radical (unpaired) electrons. The highest BCUT2D eigenvalue weighted by Gasteiger charge is 2.54. The van der Waals surface area contributed by atoms with E-state index >= 15 is 0 Å². The molecule has 0 atom stereocenters. The third kappa shape index (κ3) is 5.41. The predicted octanol–water partition coefficient (Wildman–Crippen LogP) is 1.82. The van der Waals surface area contributed by atoms with Crippen molar-refractivity contribution in [1.82, 2.24) is 9.79 Å². The van der Waals surface area contributed by atoms with Crippen molar-refractivity contribution in [3.63, 3.8) is 0 Å². The van der Waals surface area contributed by atoms with Crippen LogP contribution in [0.15, 0.2) is 0 Å². The van der Waals surface area contributed by atoms with Crippen molar-refractivity contribution < 1.29 is 27.9 Å². The summed E-state index contributed by atoms with van der Waals surface area (Å²) in [4.78, 5) is 12.2. The molecule has 0 saturated carbocycles. The van der Waals surface area contributed by atoms with E-state index < -0.39 is 20.7 Å². The van der Waals surface area contributed by atoms with Crippen LogP contribution in [0.1, 0.15) is 64.7 Å². The standard InChI is InChI=1S/C18H34N2O6S/c1-2-3-4-5-6-13-26-16-7-11-20(12-8-16)27(23,24)18(17(21)19-22)9-14-25-15-10-18/h16,22H,2-15H2,1H3,(H,19,21). The van der Waals surface area contributed by atoms with E-state index in [1.54, 1.807) is 5.48 Å². The fraction of sp³-hybridized carbons (Fsp3) is 0.944. The quantitative estimate of drug-likeness (QED) is 0.326. The number of nitrogens with zero attached hydrogens (tertiary/aromatic N) is 1. The zero-order chi connectivity index (χ0) is 19.8. The molecule has 0 aromatic carbocycles. The monoisotopic (exact) mass is 406 g/mol. The molecule has 2 aliphatic heterocycles. The van der Waals surface area contributed by atoms with Gasteiger partial charge in [-0.1, -0.05) is 32.6 Å². The maximum Gasteiger partial charge on any atom is 0.266 e. The lowest BCUT2D eigenvalue weighted by molar-refractivity contribution is -0.134. The van der Waals surface area contributed by atoms with Gasteiger partial charge in [0.05, 0.1) is 6.10 Å². The molecular formula is C18H34N2O6S. The van der Waals surface area contributed by atoms with Gasteiger partial charge < -0.3 is 9.47 Å². The van der Waals surface area contributed by atoms with Gasteiger partial charge in [-0.25, -0.2) is 18.2 Å². The van der Waals surface area contributed by atoms with Crippen molar-refractivity contribution in [2.75, 3.05) is 32.9 Å². The van der Waals surface area contributed by atoms with Crippen molar-refractivity contribution >= 4 is 15.9 Å². The SMILES string of the molecule is CCCCCCCOC1CCN(S(=O)(=O)C2(C(=O)NO)CCOCC2)CC1. The molecule has 2 N–H and O–H groups in total. The van der Waals surface area contributed by atoms with Gasteiger partial charge in [0.25, 0.3) is 5.91 Å². The van der Waals surface area contributed by atoms with Crippen molar-refractivity contribution in [1.29, 1.82) is 0 Å². The van der Waals surface area contributed by atoms with E-state index in [4.69, 9.17) is 14.7 Å². The van der Waals surface area contributed by atoms with E-state index in [1.807, 2.05) is 0 Å². The molecule has 2 rings (SSSR count). The zero-order valence-electron chi connectivity index (χ0n) is 16.3. The van der Waals surface area contributed by atoms with E-state index in [2.05, 4.69) is 6.92 Å². The van der Waals surface area contributed by atoms with Gasteiger partial charge in [0.1, 0.15) is 0 Å². The molecule has 0 spiro atoms. The highest BCUT2D eigenvalue weighted by Crippen LogP contribution is 2.34. The molecule has 0 aromatic rings. The van der Waals surface area contributed by atoms with Gasteiger partial charge >= 0.3 is 0 Å². The summed E-state index contributed by atoms with van der Waals surface area (Å²) in [5, 5.41) is 9.09. The first-order chi connectivity index (χ1) is 13.0. The van der Waals surface area contributed by atoms with Crippen LogP contribution in [-0.2, 0) is 24.3 Å². The topological polar surface area (TPSA) is 105 Å². The second kappa shape index (κ2) is 10.7. The summed E-state index contributed by atoms with van der Waals surface area (Å²) in [7, 11) is -3.89. The highest BCUT2D eigenvalue weighted by molar-refractivity contribution is 7.91. The third-order valence-corrected chi connectivity index (χ3v) is 8.28. The van der Waals surface area contributed by atoms with Crippen LogP contribution in [0.3, 0.4) is 0 Å². The lowest BCUT2D eigenvalue weighted by Crippen LogP contribution is -2.60. The van der Waals surface area contributed by atoms with E-state index in [-0.39, 0.29) is 32.2 Å². The maximum absolute atomic E-state index is 13.2. The maximum atomic E-state index is 13.2. The summed E-state index contributed by atoms with van der Waals surface area (Å²) in [6.45, 7) is 3.95. The number of hydrogen-bond acceptors (Lipinski definition) is 6. The Hall–Kier alpha value is -0.740. The number of carbonyl (C=O) groups is 1. The molecule has 0 bridgehead atoms. The summed E-state index contributed by atoms with van der Waals surface area (Å²) in [5.74, 6) is -0.865. The molecule has 9 heteroatoms. The average molecular weight is 407 g/mol. The molecule has 2 fully saturated rings. The number of hydroxylamine groups is 1. The first kappa shape index (κ1) is 22.5. The van der Waals surface area contributed by atoms with Gasteiger partial charge in [-0.2, -0.15) is 0 Å². The number of unbranched alkanes of at least 4 members (excludes halogenated alkanes) is 4. The molecular weight excluding hydrogens is 372 g/mol. The minimum absolute atomic E-state index is 0.0515. The Balaban J connectivity index is 1.87. The second-order valence-corrected chi connectivity index (χ2v) is 9.68. The Labute approximate surface area is 162 Å². The number of rotatable bonds is 10. The normalized spacial score (nSPS) is 21.9. The number of ether oxygens (including phenoxy) is 2. The number of hydrogen-bond donors (Lipinski definition) is 2. The van der Waals surface area contributed by atoms with Crippen molar-refractivity contribution in [2.24, 2.45) is 0 Å². The van der Waals surface area contributed by atoms with Crippen LogP contribution in [0, 0.1) is 0 Å². The predicted molar refractivity (Wildman–Crippen MR) is 101 cm³/mol. The summed E-state index contributed by atoms with van der Waals surface area (Å²) in [6, 6.07) is 0. The van der Waals surface area contributed by atoms with Crippen LogP contribution in [0.5, 0.6) is 0 Å². The number of amides is 1. The molecule has 8 nitrogen and oxygen atoms in total. The molecule has 0 unspecified atom stereocenters. The molecule has 2 heterocycles. The Kier molecular flexibility index (Phi) is 8.94. The Bertz CT molecular complexity index is 554. The summed E-state index contributed by atoms with van der Waals surface area (Å²) >= 11 is 0. The molecule has 2 aliphatic rings. The Morgan fingerprint density at radius 1 is 1.19 bits per heavy atom. The van der Waals surface area contributed by atoms with Gasteiger partial charge in [0.15, 0.2) is 4.75 Å². The molecule has 0 aliphatic carbocycles. The number of carbonyl (C=O) groups excluding carboxylic acids is 1. The van der Waals surface area contributed by atoms with Gasteiger partial charge in [-0.15, -0.1) is 0 Å². The zero-order valence-corrected chi connectivity index (χ0v) is 17.1. The number of sulfonamides is 1. The summed E-state index contributed by atoms with van der Waals surface area (Å²) in [5.41, 5.74) is 1.55. The molecule has 0 aromatic heterocycles. The van der Waals surface area contributed by atoms with Crippen LogP contribution in [0.2, 0.25) is 0 Å². The number of nitrogens with one attached hydrogen (secondary N) is 1. The van der Waals surface area contributed by atoms with Gasteiger partial charge in [-0.3, -0.25) is 10.0 Å². The van der Waals surface area contributed by atoms with Crippen LogP contribution >= 0.6 is 0 Å². The summed E-state index contributed by atoms with van der Waals surface area (Å²) in [6.07, 6.45) is 7.34. The molecule has 158 valence electrons. The number of piperidine rings is 1. The highest BCUT2D eigenvalue weighted by atomic mass is 32.2. The Morgan fingerprint density at radius 2 is 1.81 bits per heavy atom. The third-order valence-electron chi connectivity index (χ3n) is 5.65. The fourth-order valence-corrected chi connectivity index (χ4v) is 6.00. The summed E-state index contributed by atoms with van der Waals surface area (Å²) < 4.78 is 37.3. The van der Waals surface area contributed by atoms with Crippen LogP contribution in [-0.4, -0.2) is 67.6 Å². The first-order valence-electron chi connectivity index (χ1n) is 10.1. The van der Waals surface area contributed by atoms with Gasteiger partial charge in [-0.05, 0) is 19.3 Å². The van der Waals surface area contributed by atoms with E-state index in [0.717, 1.165) is 13.0 Å². The molecule has 1 amide bonds. The van der Waals surface area contributed by atoms with Gasteiger partial charge in [0.2, 0.25) is 10.0 Å². The lowest BCUT2D eigenvalue weighted by atomic mass is 9.98. The average Bonchev–Trinajstić information content (AvgIpc) is 2.70. The van der Waals surface area contributed by atoms with E-state index in [1.165, 1.54) is 30.0 Å². The Morgan fingerprint density at radius 3 is 2.41 bits per heavy atom. The van der Waals surface area contributed by atoms with Crippen LogP contribution in [0.25, 0.3) is 0 Å². The van der Waals surface area contributed by atoms with Crippen molar-refractivity contribution in [3.8, 4) is 0 Å². The smallest absolute Gasteiger partial charge is 0.266 e. The van der Waals surface area contributed by atoms with Crippen molar-refractivity contribution in [3.05, 3.63) is 0 Å².